The van der Waals surface area contributed by atoms with Crippen molar-refractivity contribution in [2.75, 3.05) is 26.2 Å². The zero-order valence-electron chi connectivity index (χ0n) is 16.3. The maximum atomic E-state index is 12.8. The lowest BCUT2D eigenvalue weighted by Crippen LogP contribution is -2.44. The van der Waals surface area contributed by atoms with Gasteiger partial charge in [-0.15, -0.1) is 0 Å². The van der Waals surface area contributed by atoms with Crippen LogP contribution in [0.3, 0.4) is 0 Å². The standard InChI is InChI=1S/C21H26N4O3/c1-23-21(28)17-7-3-2-6-16(17)18(22-23)14-19(26)24-12-8-15(9-13-24)20(27)25-10-4-5-11-25/h2-3,6-7,15H,4-5,8-14H2,1H3. The molecule has 0 N–H and O–H groups in total. The van der Waals surface area contributed by atoms with Crippen molar-refractivity contribution in [3.63, 3.8) is 0 Å². The second kappa shape index (κ2) is 7.73. The average molecular weight is 382 g/mol. The van der Waals surface area contributed by atoms with Crippen LogP contribution in [-0.2, 0) is 23.1 Å². The Morgan fingerprint density at radius 3 is 2.32 bits per heavy atom. The van der Waals surface area contributed by atoms with Gasteiger partial charge in [0.05, 0.1) is 17.5 Å². The van der Waals surface area contributed by atoms with Crippen molar-refractivity contribution in [3.8, 4) is 0 Å². The van der Waals surface area contributed by atoms with Gasteiger partial charge in [0.25, 0.3) is 5.56 Å². The van der Waals surface area contributed by atoms with Crippen LogP contribution in [0.25, 0.3) is 10.8 Å². The first-order chi connectivity index (χ1) is 13.5. The van der Waals surface area contributed by atoms with E-state index >= 15 is 0 Å². The molecule has 0 bridgehead atoms. The van der Waals surface area contributed by atoms with Gasteiger partial charge in [-0.1, -0.05) is 18.2 Å². The first kappa shape index (κ1) is 18.7. The number of carbonyl (C=O) groups is 2. The molecule has 0 radical (unpaired) electrons. The van der Waals surface area contributed by atoms with Gasteiger partial charge in [0.15, 0.2) is 0 Å². The summed E-state index contributed by atoms with van der Waals surface area (Å²) in [5, 5.41) is 5.64. The van der Waals surface area contributed by atoms with E-state index in [1.807, 2.05) is 28.0 Å². The van der Waals surface area contributed by atoms with Crippen LogP contribution in [-0.4, -0.2) is 57.6 Å². The summed E-state index contributed by atoms with van der Waals surface area (Å²) in [5.41, 5.74) is 0.464. The van der Waals surface area contributed by atoms with Crippen LogP contribution in [0.15, 0.2) is 29.1 Å². The van der Waals surface area contributed by atoms with Crippen molar-refractivity contribution in [3.05, 3.63) is 40.3 Å². The molecule has 2 aliphatic rings. The molecule has 0 atom stereocenters. The van der Waals surface area contributed by atoms with Crippen molar-refractivity contribution in [1.82, 2.24) is 19.6 Å². The largest absolute Gasteiger partial charge is 0.342 e. The molecule has 148 valence electrons. The van der Waals surface area contributed by atoms with E-state index in [1.54, 1.807) is 13.1 Å². The molecule has 2 aromatic rings. The molecule has 3 heterocycles. The molecule has 7 heteroatoms. The Morgan fingerprint density at radius 1 is 1.00 bits per heavy atom. The molecule has 1 aromatic carbocycles. The van der Waals surface area contributed by atoms with Gasteiger partial charge in [0, 0.05) is 44.5 Å². The van der Waals surface area contributed by atoms with Gasteiger partial charge in [-0.2, -0.15) is 5.10 Å². The SMILES string of the molecule is Cn1nc(CC(=O)N2CCC(C(=O)N3CCCC3)CC2)c2ccccc2c1=O. The number of carbonyl (C=O) groups excluding carboxylic acids is 2. The zero-order chi connectivity index (χ0) is 19.7. The van der Waals surface area contributed by atoms with E-state index in [-0.39, 0.29) is 29.7 Å². The second-order valence-electron chi connectivity index (χ2n) is 7.79. The highest BCUT2D eigenvalue weighted by atomic mass is 16.2. The smallest absolute Gasteiger partial charge is 0.274 e. The number of hydrogen-bond donors (Lipinski definition) is 0. The molecular weight excluding hydrogens is 356 g/mol. The van der Waals surface area contributed by atoms with E-state index < -0.39 is 0 Å². The van der Waals surface area contributed by atoms with Crippen molar-refractivity contribution in [2.45, 2.75) is 32.1 Å². The lowest BCUT2D eigenvalue weighted by Gasteiger charge is -2.33. The second-order valence-corrected chi connectivity index (χ2v) is 7.79. The van der Waals surface area contributed by atoms with E-state index in [0.29, 0.717) is 24.2 Å². The molecule has 4 rings (SSSR count). The Hall–Kier alpha value is -2.70. The molecule has 2 amide bonds. The molecule has 2 fully saturated rings. The van der Waals surface area contributed by atoms with Crippen LogP contribution < -0.4 is 5.56 Å². The molecule has 2 aliphatic heterocycles. The highest BCUT2D eigenvalue weighted by Gasteiger charge is 2.31. The predicted molar refractivity (Wildman–Crippen MR) is 106 cm³/mol. The molecule has 0 unspecified atom stereocenters. The van der Waals surface area contributed by atoms with E-state index in [1.165, 1.54) is 4.68 Å². The van der Waals surface area contributed by atoms with Crippen LogP contribution in [0.1, 0.15) is 31.4 Å². The molecular formula is C21H26N4O3. The summed E-state index contributed by atoms with van der Waals surface area (Å²) >= 11 is 0. The summed E-state index contributed by atoms with van der Waals surface area (Å²) in [5.74, 6) is 0.303. The Labute approximate surface area is 163 Å². The monoisotopic (exact) mass is 382 g/mol. The van der Waals surface area contributed by atoms with Gasteiger partial charge in [0.2, 0.25) is 11.8 Å². The molecule has 0 spiro atoms. The Morgan fingerprint density at radius 2 is 1.64 bits per heavy atom. The van der Waals surface area contributed by atoms with Gasteiger partial charge in [-0.05, 0) is 31.7 Å². The van der Waals surface area contributed by atoms with E-state index in [9.17, 15) is 14.4 Å². The van der Waals surface area contributed by atoms with Crippen LogP contribution in [0, 0.1) is 5.92 Å². The Kier molecular flexibility index (Phi) is 5.15. The normalized spacial score (nSPS) is 18.0. The summed E-state index contributed by atoms with van der Waals surface area (Å²) in [4.78, 5) is 41.5. The molecule has 28 heavy (non-hydrogen) atoms. The van der Waals surface area contributed by atoms with Crippen LogP contribution >= 0.6 is 0 Å². The minimum atomic E-state index is -0.159. The Bertz CT molecular complexity index is 954. The first-order valence-electron chi connectivity index (χ1n) is 10.1. The van der Waals surface area contributed by atoms with Crippen molar-refractivity contribution in [1.29, 1.82) is 0 Å². The highest BCUT2D eigenvalue weighted by molar-refractivity contribution is 5.88. The molecule has 0 aliphatic carbocycles. The fraction of sp³-hybridized carbons (Fsp3) is 0.524. The minimum absolute atomic E-state index is 0.00312. The topological polar surface area (TPSA) is 75.5 Å². The summed E-state index contributed by atoms with van der Waals surface area (Å²) in [7, 11) is 1.61. The number of likely N-dealkylation sites (tertiary alicyclic amines) is 2. The van der Waals surface area contributed by atoms with Crippen molar-refractivity contribution in [2.24, 2.45) is 13.0 Å². The third-order valence-corrected chi connectivity index (χ3v) is 5.97. The molecule has 2 saturated heterocycles. The maximum absolute atomic E-state index is 12.8. The number of piperidine rings is 1. The fourth-order valence-electron chi connectivity index (χ4n) is 4.33. The predicted octanol–water partition coefficient (Wildman–Crippen LogP) is 1.34. The molecule has 0 saturated carbocycles. The quantitative estimate of drug-likeness (QED) is 0.803. The highest BCUT2D eigenvalue weighted by Crippen LogP contribution is 2.23. The lowest BCUT2D eigenvalue weighted by atomic mass is 9.95. The summed E-state index contributed by atoms with van der Waals surface area (Å²) in [6.07, 6.45) is 3.82. The number of fused-ring (bicyclic) bond motifs is 1. The summed E-state index contributed by atoms with van der Waals surface area (Å²) in [6, 6.07) is 7.28. The third kappa shape index (κ3) is 3.53. The number of amides is 2. The van der Waals surface area contributed by atoms with Crippen LogP contribution in [0.5, 0.6) is 0 Å². The maximum Gasteiger partial charge on any atom is 0.274 e. The van der Waals surface area contributed by atoms with Gasteiger partial charge in [-0.3, -0.25) is 14.4 Å². The molecule has 1 aromatic heterocycles. The summed E-state index contributed by atoms with van der Waals surface area (Å²) in [6.45, 7) is 2.96. The van der Waals surface area contributed by atoms with Gasteiger partial charge >= 0.3 is 0 Å². The van der Waals surface area contributed by atoms with E-state index in [4.69, 9.17) is 0 Å². The number of aryl methyl sites for hydroxylation is 1. The fourth-order valence-corrected chi connectivity index (χ4v) is 4.33. The number of hydrogen-bond acceptors (Lipinski definition) is 4. The molecule has 7 nitrogen and oxygen atoms in total. The minimum Gasteiger partial charge on any atom is -0.342 e. The number of rotatable bonds is 3. The number of nitrogens with zero attached hydrogens (tertiary/aromatic N) is 4. The van der Waals surface area contributed by atoms with Gasteiger partial charge in [-0.25, -0.2) is 4.68 Å². The van der Waals surface area contributed by atoms with Crippen molar-refractivity contribution < 1.29 is 9.59 Å². The van der Waals surface area contributed by atoms with Crippen molar-refractivity contribution >= 4 is 22.6 Å². The third-order valence-electron chi connectivity index (χ3n) is 5.97. The lowest BCUT2D eigenvalue weighted by molar-refractivity contribution is -0.139. The first-order valence-corrected chi connectivity index (χ1v) is 10.1. The summed E-state index contributed by atoms with van der Waals surface area (Å²) < 4.78 is 1.30. The number of benzene rings is 1. The number of aromatic nitrogens is 2. The van der Waals surface area contributed by atoms with Gasteiger partial charge in [0.1, 0.15) is 0 Å². The van der Waals surface area contributed by atoms with Crippen LogP contribution in [0.4, 0.5) is 0 Å². The van der Waals surface area contributed by atoms with E-state index in [2.05, 4.69) is 5.10 Å². The van der Waals surface area contributed by atoms with E-state index in [0.717, 1.165) is 44.2 Å². The zero-order valence-corrected chi connectivity index (χ0v) is 16.3. The van der Waals surface area contributed by atoms with Crippen LogP contribution in [0.2, 0.25) is 0 Å². The Balaban J connectivity index is 1.43. The average Bonchev–Trinajstić information content (AvgIpc) is 3.26. The van der Waals surface area contributed by atoms with Gasteiger partial charge < -0.3 is 9.80 Å².